The Morgan fingerprint density at radius 1 is 0.905 bits per heavy atom. The molecule has 0 fully saturated rings. The topological polar surface area (TPSA) is 49.8 Å². The van der Waals surface area contributed by atoms with Crippen molar-refractivity contribution in [2.75, 3.05) is 17.1 Å². The maximum atomic E-state index is 5.88. The number of halogens is 1. The summed E-state index contributed by atoms with van der Waals surface area (Å²) in [5, 5.41) is 3.79. The van der Waals surface area contributed by atoms with Gasteiger partial charge >= 0.3 is 0 Å². The monoisotopic (exact) mass is 316 g/mol. The summed E-state index contributed by atoms with van der Waals surface area (Å²) in [6, 6.07) is 15.4. The van der Waals surface area contributed by atoms with Crippen molar-refractivity contribution in [2.45, 2.75) is 4.90 Å². The van der Waals surface area contributed by atoms with Gasteiger partial charge in [-0.1, -0.05) is 23.7 Å². The van der Waals surface area contributed by atoms with Gasteiger partial charge in [0.1, 0.15) is 0 Å². The Kier molecular flexibility index (Phi) is 4.13. The number of para-hydroxylation sites is 2. The maximum Gasteiger partial charge on any atom is 0.180 e. The molecule has 21 heavy (non-hydrogen) atoms. The quantitative estimate of drug-likeness (QED) is 0.697. The van der Waals surface area contributed by atoms with Crippen LogP contribution in [0, 0.1) is 0 Å². The number of aromatic nitrogens is 2. The minimum Gasteiger partial charge on any atom is -0.370 e. The molecule has 106 valence electrons. The second-order valence-corrected chi connectivity index (χ2v) is 5.63. The fourth-order valence-corrected chi connectivity index (χ4v) is 2.61. The van der Waals surface area contributed by atoms with E-state index in [2.05, 4.69) is 20.0 Å². The summed E-state index contributed by atoms with van der Waals surface area (Å²) in [6.07, 6.45) is 0. The van der Waals surface area contributed by atoms with Gasteiger partial charge in [0.05, 0.1) is 11.0 Å². The Balaban J connectivity index is 1.86. The van der Waals surface area contributed by atoms with Crippen molar-refractivity contribution < 1.29 is 0 Å². The lowest BCUT2D eigenvalue weighted by molar-refractivity contribution is 1.27. The molecule has 0 saturated heterocycles. The zero-order valence-electron chi connectivity index (χ0n) is 11.3. The van der Waals surface area contributed by atoms with Crippen LogP contribution in [0.15, 0.2) is 53.4 Å². The van der Waals surface area contributed by atoms with Crippen LogP contribution in [0.1, 0.15) is 0 Å². The molecule has 4 nitrogen and oxygen atoms in total. The third kappa shape index (κ3) is 3.20. The number of hydrogen-bond donors (Lipinski definition) is 2. The molecule has 0 saturated carbocycles. The molecule has 0 aliphatic heterocycles. The van der Waals surface area contributed by atoms with Crippen molar-refractivity contribution >= 4 is 46.2 Å². The lowest BCUT2D eigenvalue weighted by atomic mass is 10.3. The van der Waals surface area contributed by atoms with Crippen LogP contribution < -0.4 is 10.0 Å². The highest BCUT2D eigenvalue weighted by Crippen LogP contribution is 2.27. The number of hydrogen-bond acceptors (Lipinski definition) is 5. The van der Waals surface area contributed by atoms with Crippen LogP contribution in [0.5, 0.6) is 0 Å². The van der Waals surface area contributed by atoms with Crippen molar-refractivity contribution in [3.8, 4) is 0 Å². The van der Waals surface area contributed by atoms with Crippen LogP contribution in [-0.4, -0.2) is 17.0 Å². The normalized spacial score (nSPS) is 10.6. The van der Waals surface area contributed by atoms with Gasteiger partial charge < -0.3 is 10.0 Å². The first kappa shape index (κ1) is 14.0. The van der Waals surface area contributed by atoms with E-state index in [0.717, 1.165) is 26.8 Å². The summed E-state index contributed by atoms with van der Waals surface area (Å²) >= 11 is 7.35. The fourth-order valence-electron chi connectivity index (χ4n) is 1.86. The zero-order valence-corrected chi connectivity index (χ0v) is 12.9. The second-order valence-electron chi connectivity index (χ2n) is 4.32. The van der Waals surface area contributed by atoms with E-state index >= 15 is 0 Å². The Morgan fingerprint density at radius 3 is 2.14 bits per heavy atom. The molecule has 2 N–H and O–H groups in total. The first-order valence-corrected chi connectivity index (χ1v) is 7.58. The van der Waals surface area contributed by atoms with Crippen LogP contribution in [0.4, 0.5) is 11.6 Å². The highest BCUT2D eigenvalue weighted by Gasteiger charge is 2.07. The maximum absolute atomic E-state index is 5.88. The van der Waals surface area contributed by atoms with Crippen molar-refractivity contribution in [3.05, 3.63) is 53.6 Å². The first-order chi connectivity index (χ1) is 10.3. The molecule has 2 aromatic carbocycles. The highest BCUT2D eigenvalue weighted by atomic mass is 35.5. The standard InChI is InChI=1S/C15H13ClN4S/c1-17-14-15(19-13-5-3-2-4-12(13)18-14)20-21-11-8-6-10(16)7-9-11/h2-9H,1H3,(H,17,18)(H,19,20). The lowest BCUT2D eigenvalue weighted by Gasteiger charge is -2.10. The van der Waals surface area contributed by atoms with Gasteiger partial charge in [-0.25, -0.2) is 9.97 Å². The smallest absolute Gasteiger partial charge is 0.180 e. The van der Waals surface area contributed by atoms with Crippen LogP contribution in [0.2, 0.25) is 5.02 Å². The van der Waals surface area contributed by atoms with E-state index in [1.54, 1.807) is 0 Å². The third-order valence-corrected chi connectivity index (χ3v) is 3.94. The van der Waals surface area contributed by atoms with E-state index in [1.807, 2.05) is 55.6 Å². The predicted molar refractivity (Wildman–Crippen MR) is 90.0 cm³/mol. The molecule has 1 aromatic heterocycles. The molecule has 0 spiro atoms. The zero-order chi connectivity index (χ0) is 14.7. The van der Waals surface area contributed by atoms with E-state index in [0.29, 0.717) is 5.82 Å². The largest absolute Gasteiger partial charge is 0.370 e. The summed E-state index contributed by atoms with van der Waals surface area (Å²) in [5.41, 5.74) is 1.72. The number of anilines is 2. The third-order valence-electron chi connectivity index (χ3n) is 2.89. The molecule has 0 aliphatic carbocycles. The molecule has 0 unspecified atom stereocenters. The number of rotatable bonds is 4. The van der Waals surface area contributed by atoms with Crippen LogP contribution in [-0.2, 0) is 0 Å². The van der Waals surface area contributed by atoms with Gasteiger partial charge in [0, 0.05) is 17.0 Å². The van der Waals surface area contributed by atoms with E-state index < -0.39 is 0 Å². The minimum atomic E-state index is 0.705. The molecule has 0 aliphatic rings. The Bertz CT molecular complexity index is 761. The summed E-state index contributed by atoms with van der Waals surface area (Å²) in [4.78, 5) is 10.2. The summed E-state index contributed by atoms with van der Waals surface area (Å²) < 4.78 is 3.23. The van der Waals surface area contributed by atoms with E-state index in [1.165, 1.54) is 11.9 Å². The SMILES string of the molecule is CNc1nc2ccccc2nc1NSc1ccc(Cl)cc1. The molecular formula is C15H13ClN4S. The molecule has 3 rings (SSSR count). The van der Waals surface area contributed by atoms with Crippen LogP contribution >= 0.6 is 23.5 Å². The molecule has 3 aromatic rings. The minimum absolute atomic E-state index is 0.705. The van der Waals surface area contributed by atoms with Crippen molar-refractivity contribution in [3.63, 3.8) is 0 Å². The molecular weight excluding hydrogens is 304 g/mol. The van der Waals surface area contributed by atoms with Gasteiger partial charge in [0.2, 0.25) is 0 Å². The van der Waals surface area contributed by atoms with Crippen molar-refractivity contribution in [2.24, 2.45) is 0 Å². The molecule has 1 heterocycles. The highest BCUT2D eigenvalue weighted by molar-refractivity contribution is 8.00. The predicted octanol–water partition coefficient (Wildman–Crippen LogP) is 4.44. The van der Waals surface area contributed by atoms with E-state index in [-0.39, 0.29) is 0 Å². The summed E-state index contributed by atoms with van der Waals surface area (Å²) in [7, 11) is 1.83. The number of nitrogens with one attached hydrogen (secondary N) is 2. The first-order valence-electron chi connectivity index (χ1n) is 6.39. The average Bonchev–Trinajstić information content (AvgIpc) is 2.53. The van der Waals surface area contributed by atoms with Gasteiger partial charge in [-0.05, 0) is 48.3 Å². The summed E-state index contributed by atoms with van der Waals surface area (Å²) in [5.74, 6) is 1.42. The van der Waals surface area contributed by atoms with Gasteiger partial charge in [-0.2, -0.15) is 0 Å². The van der Waals surface area contributed by atoms with Gasteiger partial charge in [-0.3, -0.25) is 0 Å². The average molecular weight is 317 g/mol. The lowest BCUT2D eigenvalue weighted by Crippen LogP contribution is -2.01. The Labute approximate surface area is 132 Å². The van der Waals surface area contributed by atoms with E-state index in [4.69, 9.17) is 11.6 Å². The van der Waals surface area contributed by atoms with Crippen molar-refractivity contribution in [1.29, 1.82) is 0 Å². The number of benzene rings is 2. The van der Waals surface area contributed by atoms with Gasteiger partial charge in [0.25, 0.3) is 0 Å². The molecule has 6 heteroatoms. The van der Waals surface area contributed by atoms with Crippen LogP contribution in [0.3, 0.4) is 0 Å². The Hall–Kier alpha value is -1.98. The van der Waals surface area contributed by atoms with Gasteiger partial charge in [-0.15, -0.1) is 0 Å². The molecule has 0 radical (unpaired) electrons. The fraction of sp³-hybridized carbons (Fsp3) is 0.0667. The van der Waals surface area contributed by atoms with Crippen LogP contribution in [0.25, 0.3) is 11.0 Å². The van der Waals surface area contributed by atoms with E-state index in [9.17, 15) is 0 Å². The van der Waals surface area contributed by atoms with Crippen molar-refractivity contribution in [1.82, 2.24) is 9.97 Å². The second kappa shape index (κ2) is 6.20. The summed E-state index contributed by atoms with van der Waals surface area (Å²) in [6.45, 7) is 0. The Morgan fingerprint density at radius 2 is 1.52 bits per heavy atom. The number of fused-ring (bicyclic) bond motifs is 1. The molecule has 0 bridgehead atoms. The molecule has 0 atom stereocenters. The molecule has 0 amide bonds. The van der Waals surface area contributed by atoms with Gasteiger partial charge in [0.15, 0.2) is 11.6 Å². The number of nitrogens with zero attached hydrogens (tertiary/aromatic N) is 2.